The second kappa shape index (κ2) is 65.5. The van der Waals surface area contributed by atoms with Crippen LogP contribution < -0.4 is 0 Å². The van der Waals surface area contributed by atoms with Crippen LogP contribution in [0.1, 0.15) is 356 Å². The van der Waals surface area contributed by atoms with E-state index in [2.05, 4.69) is 65.8 Å². The van der Waals surface area contributed by atoms with Crippen LogP contribution in [0.3, 0.4) is 0 Å². The SMILES string of the molecule is CCCCCC/C=C\C=C/CCCCCCCC(=O)O[C@H](COC(=O)CCCCCCCCCCCCCCC(C)C)COP(=O)(O)OC[C@@H](O)COP(=O)(O)OC[C@@H](COC(=O)CCCCCCCCCCC)OC(=O)CCCCCCCCCCCCCC(C)C. The van der Waals surface area contributed by atoms with Gasteiger partial charge in [0, 0.05) is 25.7 Å². The number of ether oxygens (including phenoxy) is 4. The number of carbonyl (C=O) groups is 4. The molecular formula is C74H140O17P2. The number of aliphatic hydroxyl groups is 1. The van der Waals surface area contributed by atoms with Crippen LogP contribution in [0.4, 0.5) is 0 Å². The van der Waals surface area contributed by atoms with Gasteiger partial charge in [-0.2, -0.15) is 0 Å². The molecule has 5 atom stereocenters. The van der Waals surface area contributed by atoms with Crippen molar-refractivity contribution in [1.29, 1.82) is 0 Å². The zero-order valence-electron chi connectivity index (χ0n) is 60.0. The Morgan fingerprint density at radius 1 is 0.333 bits per heavy atom. The Morgan fingerprint density at radius 3 is 0.882 bits per heavy atom. The quantitative estimate of drug-likeness (QED) is 0.0169. The lowest BCUT2D eigenvalue weighted by Crippen LogP contribution is -2.30. The molecule has 3 N–H and O–H groups in total. The molecule has 0 aromatic heterocycles. The van der Waals surface area contributed by atoms with Crippen molar-refractivity contribution in [2.24, 2.45) is 11.8 Å². The Hall–Kier alpha value is -2.46. The molecule has 0 saturated heterocycles. The topological polar surface area (TPSA) is 237 Å². The first-order chi connectivity index (χ1) is 44.9. The average molecular weight is 1360 g/mol. The van der Waals surface area contributed by atoms with Gasteiger partial charge in [0.25, 0.3) is 0 Å². The highest BCUT2D eigenvalue weighted by molar-refractivity contribution is 7.47. The molecule has 0 spiro atoms. The average Bonchev–Trinajstić information content (AvgIpc) is 2.64. The van der Waals surface area contributed by atoms with Crippen molar-refractivity contribution in [1.82, 2.24) is 0 Å². The first kappa shape index (κ1) is 90.5. The molecule has 0 aliphatic heterocycles. The molecule has 19 heteroatoms. The number of hydrogen-bond donors (Lipinski definition) is 3. The number of hydrogen-bond acceptors (Lipinski definition) is 15. The molecule has 0 radical (unpaired) electrons. The number of allylic oxidation sites excluding steroid dienone is 4. The number of phosphoric ester groups is 2. The monoisotopic (exact) mass is 1360 g/mol. The van der Waals surface area contributed by atoms with E-state index in [1.165, 1.54) is 161 Å². The van der Waals surface area contributed by atoms with E-state index in [1.54, 1.807) is 0 Å². The van der Waals surface area contributed by atoms with E-state index in [4.69, 9.17) is 37.0 Å². The Balaban J connectivity index is 5.28. The van der Waals surface area contributed by atoms with Crippen LogP contribution in [-0.2, 0) is 65.4 Å². The highest BCUT2D eigenvalue weighted by Gasteiger charge is 2.30. The molecule has 0 bridgehead atoms. The van der Waals surface area contributed by atoms with Gasteiger partial charge in [-0.15, -0.1) is 0 Å². The summed E-state index contributed by atoms with van der Waals surface area (Å²) in [6.07, 6.45) is 54.8. The zero-order chi connectivity index (χ0) is 68.6. The molecule has 0 aromatic rings. The van der Waals surface area contributed by atoms with Crippen LogP contribution in [-0.4, -0.2) is 96.7 Å². The summed E-state index contributed by atoms with van der Waals surface area (Å²) < 4.78 is 68.4. The summed E-state index contributed by atoms with van der Waals surface area (Å²) >= 11 is 0. The minimum absolute atomic E-state index is 0.0850. The number of phosphoric acid groups is 2. The predicted octanol–water partition coefficient (Wildman–Crippen LogP) is 21.1. The molecule has 0 aliphatic carbocycles. The van der Waals surface area contributed by atoms with Crippen molar-refractivity contribution in [3.05, 3.63) is 24.3 Å². The molecule has 0 heterocycles. The van der Waals surface area contributed by atoms with Crippen LogP contribution in [0.15, 0.2) is 24.3 Å². The van der Waals surface area contributed by atoms with Crippen LogP contribution >= 0.6 is 15.6 Å². The summed E-state index contributed by atoms with van der Waals surface area (Å²) in [5.41, 5.74) is 0. The third-order valence-corrected chi connectivity index (χ3v) is 18.5. The molecule has 0 fully saturated rings. The molecule has 93 heavy (non-hydrogen) atoms. The van der Waals surface area contributed by atoms with Crippen LogP contribution in [0.25, 0.3) is 0 Å². The fourth-order valence-corrected chi connectivity index (χ4v) is 12.3. The van der Waals surface area contributed by atoms with E-state index >= 15 is 0 Å². The lowest BCUT2D eigenvalue weighted by molar-refractivity contribution is -0.161. The summed E-state index contributed by atoms with van der Waals surface area (Å²) in [5, 5.41) is 10.6. The maximum atomic E-state index is 13.1. The van der Waals surface area contributed by atoms with Gasteiger partial charge in [0.05, 0.1) is 26.4 Å². The highest BCUT2D eigenvalue weighted by Crippen LogP contribution is 2.45. The molecule has 0 amide bonds. The highest BCUT2D eigenvalue weighted by atomic mass is 31.2. The normalized spacial score (nSPS) is 14.2. The maximum Gasteiger partial charge on any atom is 0.472 e. The minimum atomic E-state index is -4.96. The number of unbranched alkanes of at least 4 members (excludes halogenated alkanes) is 38. The van der Waals surface area contributed by atoms with Gasteiger partial charge in [0.1, 0.15) is 19.3 Å². The number of rotatable bonds is 71. The summed E-state index contributed by atoms with van der Waals surface area (Å²) in [7, 11) is -9.92. The lowest BCUT2D eigenvalue weighted by Gasteiger charge is -2.21. The van der Waals surface area contributed by atoms with Crippen LogP contribution in [0, 0.1) is 11.8 Å². The summed E-state index contributed by atoms with van der Waals surface area (Å²) in [4.78, 5) is 72.7. The van der Waals surface area contributed by atoms with Gasteiger partial charge in [-0.3, -0.25) is 37.3 Å². The van der Waals surface area contributed by atoms with Gasteiger partial charge >= 0.3 is 39.5 Å². The molecule has 2 unspecified atom stereocenters. The molecule has 0 rings (SSSR count). The molecule has 548 valence electrons. The van der Waals surface area contributed by atoms with E-state index in [9.17, 15) is 43.2 Å². The third kappa shape index (κ3) is 67.9. The van der Waals surface area contributed by atoms with E-state index in [0.29, 0.717) is 25.7 Å². The fraction of sp³-hybridized carbons (Fsp3) is 0.892. The van der Waals surface area contributed by atoms with E-state index < -0.39 is 97.5 Å². The lowest BCUT2D eigenvalue weighted by atomic mass is 10.0. The second-order valence-corrected chi connectivity index (χ2v) is 29.9. The summed E-state index contributed by atoms with van der Waals surface area (Å²) in [5.74, 6) is -0.606. The number of aliphatic hydroxyl groups excluding tert-OH is 1. The van der Waals surface area contributed by atoms with Crippen LogP contribution in [0.5, 0.6) is 0 Å². The Kier molecular flexibility index (Phi) is 63.7. The molecule has 0 aromatic carbocycles. The predicted molar refractivity (Wildman–Crippen MR) is 377 cm³/mol. The standard InChI is InChI=1S/C74H140O17P2/c1-7-9-11-13-15-17-18-19-20-21-28-34-40-46-52-58-73(78)91-70(63-85-72(77)57-51-45-39-33-27-23-22-25-31-36-42-48-54-66(3)4)65-89-93(82,83)87-61-68(75)60-86-92(80,81)88-64-69(62-84-71(76)56-50-44-38-30-16-14-12-10-8-2)90-74(79)59-53-47-41-35-29-24-26-32-37-43-49-55-67(5)6/h17-20,66-70,75H,7-16,21-65H2,1-6H3,(H,80,81)(H,82,83)/b18-17-,20-19-/t68-,69+,70+/m0/s1. The smallest absolute Gasteiger partial charge is 0.462 e. The fourth-order valence-electron chi connectivity index (χ4n) is 10.8. The number of esters is 4. The summed E-state index contributed by atoms with van der Waals surface area (Å²) in [6, 6.07) is 0. The van der Waals surface area contributed by atoms with Gasteiger partial charge in [0.2, 0.25) is 0 Å². The Morgan fingerprint density at radius 2 is 0.581 bits per heavy atom. The Bertz CT molecular complexity index is 1900. The molecular weight excluding hydrogens is 1220 g/mol. The largest absolute Gasteiger partial charge is 0.472 e. The van der Waals surface area contributed by atoms with E-state index in [-0.39, 0.29) is 25.7 Å². The van der Waals surface area contributed by atoms with Crippen molar-refractivity contribution in [2.45, 2.75) is 374 Å². The zero-order valence-corrected chi connectivity index (χ0v) is 61.8. The van der Waals surface area contributed by atoms with Gasteiger partial charge in [0.15, 0.2) is 12.2 Å². The minimum Gasteiger partial charge on any atom is -0.462 e. The van der Waals surface area contributed by atoms with Gasteiger partial charge in [-0.1, -0.05) is 303 Å². The van der Waals surface area contributed by atoms with Crippen molar-refractivity contribution >= 4 is 39.5 Å². The number of carbonyl (C=O) groups excluding carboxylic acids is 4. The van der Waals surface area contributed by atoms with Crippen molar-refractivity contribution in [3.63, 3.8) is 0 Å². The Labute approximate surface area is 567 Å². The van der Waals surface area contributed by atoms with Crippen molar-refractivity contribution in [2.75, 3.05) is 39.6 Å². The van der Waals surface area contributed by atoms with E-state index in [0.717, 1.165) is 115 Å². The van der Waals surface area contributed by atoms with Gasteiger partial charge in [-0.05, 0) is 63.2 Å². The molecule has 17 nitrogen and oxygen atoms in total. The van der Waals surface area contributed by atoms with Crippen LogP contribution in [0.2, 0.25) is 0 Å². The summed E-state index contributed by atoms with van der Waals surface area (Å²) in [6.45, 7) is 9.51. The molecule has 0 saturated carbocycles. The molecule has 0 aliphatic rings. The van der Waals surface area contributed by atoms with Crippen molar-refractivity contribution in [3.8, 4) is 0 Å². The van der Waals surface area contributed by atoms with Gasteiger partial charge in [-0.25, -0.2) is 9.13 Å². The maximum absolute atomic E-state index is 13.1. The van der Waals surface area contributed by atoms with E-state index in [1.807, 2.05) is 0 Å². The second-order valence-electron chi connectivity index (χ2n) is 27.0. The van der Waals surface area contributed by atoms with Gasteiger partial charge < -0.3 is 33.8 Å². The first-order valence-electron chi connectivity index (χ1n) is 37.8. The third-order valence-electron chi connectivity index (χ3n) is 16.6. The first-order valence-corrected chi connectivity index (χ1v) is 40.8. The van der Waals surface area contributed by atoms with Crippen molar-refractivity contribution < 1.29 is 80.2 Å².